The smallest absolute Gasteiger partial charge is 0.351 e. The van der Waals surface area contributed by atoms with Crippen molar-refractivity contribution in [3.63, 3.8) is 0 Å². The summed E-state index contributed by atoms with van der Waals surface area (Å²) in [5.41, 5.74) is 1.91. The Morgan fingerprint density at radius 1 is 1.17 bits per heavy atom. The fraction of sp³-hybridized carbons (Fsp3) is 0.190. The van der Waals surface area contributed by atoms with E-state index in [1.165, 1.54) is 18.3 Å². The third-order valence-corrected chi connectivity index (χ3v) is 5.80. The van der Waals surface area contributed by atoms with E-state index in [4.69, 9.17) is 25.8 Å². The Morgan fingerprint density at radius 3 is 2.67 bits per heavy atom. The minimum absolute atomic E-state index is 0.146. The van der Waals surface area contributed by atoms with E-state index in [1.54, 1.807) is 37.3 Å². The van der Waals surface area contributed by atoms with Gasteiger partial charge in [-0.2, -0.15) is 0 Å². The molecule has 1 aromatic heterocycles. The molecule has 7 nitrogen and oxygen atoms in total. The van der Waals surface area contributed by atoms with Gasteiger partial charge >= 0.3 is 5.97 Å². The molecule has 3 aromatic rings. The summed E-state index contributed by atoms with van der Waals surface area (Å²) in [7, 11) is 0. The number of benzene rings is 2. The minimum Gasteiger partial charge on any atom is -0.454 e. The molecule has 2 aromatic carbocycles. The second-order valence-electron chi connectivity index (χ2n) is 6.55. The van der Waals surface area contributed by atoms with Crippen molar-refractivity contribution in [2.24, 2.45) is 0 Å². The maximum Gasteiger partial charge on any atom is 0.351 e. The van der Waals surface area contributed by atoms with Crippen LogP contribution in [-0.2, 0) is 9.53 Å². The number of carbonyl (C=O) groups excluding carboxylic acids is 2. The number of aromatic nitrogens is 1. The van der Waals surface area contributed by atoms with Gasteiger partial charge in [0.15, 0.2) is 17.6 Å². The number of ether oxygens (including phenoxy) is 3. The van der Waals surface area contributed by atoms with Gasteiger partial charge in [-0.25, -0.2) is 9.78 Å². The van der Waals surface area contributed by atoms with Crippen LogP contribution in [0.3, 0.4) is 0 Å². The van der Waals surface area contributed by atoms with Gasteiger partial charge in [-0.1, -0.05) is 23.7 Å². The number of anilines is 1. The number of hydrogen-bond acceptors (Lipinski definition) is 7. The first-order valence-corrected chi connectivity index (χ1v) is 10.2. The van der Waals surface area contributed by atoms with Gasteiger partial charge in [0.05, 0.1) is 5.69 Å². The molecule has 1 N–H and O–H groups in total. The Balaban J connectivity index is 1.41. The van der Waals surface area contributed by atoms with Crippen molar-refractivity contribution in [1.29, 1.82) is 0 Å². The van der Waals surface area contributed by atoms with E-state index >= 15 is 0 Å². The van der Waals surface area contributed by atoms with Crippen molar-refractivity contribution >= 4 is 40.5 Å². The van der Waals surface area contributed by atoms with Gasteiger partial charge in [0.1, 0.15) is 9.88 Å². The number of halogens is 1. The monoisotopic (exact) mass is 444 g/mol. The van der Waals surface area contributed by atoms with Crippen molar-refractivity contribution in [2.45, 2.75) is 20.0 Å². The molecule has 9 heteroatoms. The summed E-state index contributed by atoms with van der Waals surface area (Å²) >= 11 is 7.12. The van der Waals surface area contributed by atoms with Gasteiger partial charge in [-0.3, -0.25) is 4.79 Å². The number of hydrogen-bond donors (Lipinski definition) is 1. The molecule has 0 aliphatic carbocycles. The van der Waals surface area contributed by atoms with E-state index in [2.05, 4.69) is 10.3 Å². The first kappa shape index (κ1) is 20.2. The minimum atomic E-state index is -0.997. The van der Waals surface area contributed by atoms with Gasteiger partial charge < -0.3 is 19.5 Å². The van der Waals surface area contributed by atoms with Crippen LogP contribution >= 0.6 is 22.9 Å². The van der Waals surface area contributed by atoms with Crippen molar-refractivity contribution < 1.29 is 23.8 Å². The highest BCUT2D eigenvalue weighted by molar-refractivity contribution is 7.17. The summed E-state index contributed by atoms with van der Waals surface area (Å²) in [5, 5.41) is 4.00. The highest BCUT2D eigenvalue weighted by atomic mass is 35.5. The first-order valence-electron chi connectivity index (χ1n) is 9.05. The molecule has 0 fully saturated rings. The van der Waals surface area contributed by atoms with Gasteiger partial charge in [0.2, 0.25) is 6.79 Å². The molecule has 154 valence electrons. The summed E-state index contributed by atoms with van der Waals surface area (Å²) in [6, 6.07) is 12.2. The third kappa shape index (κ3) is 4.24. The fourth-order valence-electron chi connectivity index (χ4n) is 2.79. The van der Waals surface area contributed by atoms with E-state index in [9.17, 15) is 9.59 Å². The summed E-state index contributed by atoms with van der Waals surface area (Å²) in [6.07, 6.45) is -0.997. The summed E-state index contributed by atoms with van der Waals surface area (Å²) in [6.45, 7) is 3.38. The van der Waals surface area contributed by atoms with E-state index in [1.807, 2.05) is 12.1 Å². The number of thiazole rings is 1. The predicted molar refractivity (Wildman–Crippen MR) is 113 cm³/mol. The number of aryl methyl sites for hydroxylation is 1. The van der Waals surface area contributed by atoms with Crippen LogP contribution in [0.15, 0.2) is 42.5 Å². The van der Waals surface area contributed by atoms with Crippen LogP contribution in [0, 0.1) is 6.92 Å². The van der Waals surface area contributed by atoms with E-state index in [0.29, 0.717) is 37.8 Å². The largest absolute Gasteiger partial charge is 0.454 e. The quantitative estimate of drug-likeness (QED) is 0.575. The lowest BCUT2D eigenvalue weighted by Crippen LogP contribution is -2.29. The van der Waals surface area contributed by atoms with E-state index in [-0.39, 0.29) is 6.79 Å². The molecular formula is C21H17ClN2O5S. The summed E-state index contributed by atoms with van der Waals surface area (Å²) in [4.78, 5) is 29.8. The number of amides is 1. The molecule has 1 atom stereocenters. The molecule has 0 bridgehead atoms. The number of esters is 1. The predicted octanol–water partition coefficient (Wildman–Crippen LogP) is 4.68. The average molecular weight is 445 g/mol. The Hall–Kier alpha value is -3.10. The number of fused-ring (bicyclic) bond motifs is 1. The van der Waals surface area contributed by atoms with Crippen LogP contribution in [0.5, 0.6) is 11.5 Å². The molecule has 30 heavy (non-hydrogen) atoms. The van der Waals surface area contributed by atoms with E-state index < -0.39 is 18.0 Å². The molecule has 4 rings (SSSR count). The zero-order valence-corrected chi connectivity index (χ0v) is 17.7. The Labute approximate surface area is 181 Å². The van der Waals surface area contributed by atoms with Gasteiger partial charge in [-0.15, -0.1) is 11.3 Å². The lowest BCUT2D eigenvalue weighted by atomic mass is 10.2. The molecule has 0 saturated heterocycles. The molecule has 1 unspecified atom stereocenters. The van der Waals surface area contributed by atoms with Crippen molar-refractivity contribution in [1.82, 2.24) is 4.98 Å². The van der Waals surface area contributed by atoms with Crippen LogP contribution < -0.4 is 14.8 Å². The van der Waals surface area contributed by atoms with Gasteiger partial charge in [0, 0.05) is 22.3 Å². The van der Waals surface area contributed by atoms with Crippen LogP contribution in [0.25, 0.3) is 10.6 Å². The van der Waals surface area contributed by atoms with E-state index in [0.717, 1.165) is 5.56 Å². The van der Waals surface area contributed by atoms with Gasteiger partial charge in [0.25, 0.3) is 5.91 Å². The molecule has 2 heterocycles. The zero-order chi connectivity index (χ0) is 21.3. The molecular weight excluding hydrogens is 428 g/mol. The second-order valence-corrected chi connectivity index (χ2v) is 7.98. The summed E-state index contributed by atoms with van der Waals surface area (Å²) in [5.74, 6) is 0.109. The number of nitrogens with zero attached hydrogens (tertiary/aromatic N) is 1. The van der Waals surface area contributed by atoms with Crippen LogP contribution in [0.4, 0.5) is 5.69 Å². The number of carbonyl (C=O) groups is 2. The van der Waals surface area contributed by atoms with Crippen molar-refractivity contribution in [3.8, 4) is 22.1 Å². The number of rotatable bonds is 5. The Morgan fingerprint density at radius 2 is 1.90 bits per heavy atom. The highest BCUT2D eigenvalue weighted by Crippen LogP contribution is 2.34. The SMILES string of the molecule is Cc1nc(-c2ccc(Cl)cc2)sc1C(=O)OC(C)C(=O)Nc1ccc2c(c1)OCO2. The molecule has 0 radical (unpaired) electrons. The molecule has 0 saturated carbocycles. The van der Waals surface area contributed by atoms with Crippen LogP contribution in [0.1, 0.15) is 22.3 Å². The Kier molecular flexibility index (Phi) is 5.61. The molecule has 1 aliphatic rings. The average Bonchev–Trinajstić information content (AvgIpc) is 3.34. The van der Waals surface area contributed by atoms with Crippen molar-refractivity contribution in [3.05, 3.63) is 58.1 Å². The maximum absolute atomic E-state index is 12.6. The first-order chi connectivity index (χ1) is 14.4. The Bertz CT molecular complexity index is 1110. The normalized spacial score (nSPS) is 13.0. The lowest BCUT2D eigenvalue weighted by molar-refractivity contribution is -0.123. The van der Waals surface area contributed by atoms with Crippen LogP contribution in [0.2, 0.25) is 5.02 Å². The third-order valence-electron chi connectivity index (χ3n) is 4.37. The van der Waals surface area contributed by atoms with Crippen LogP contribution in [-0.4, -0.2) is 29.8 Å². The highest BCUT2D eigenvalue weighted by Gasteiger charge is 2.24. The fourth-order valence-corrected chi connectivity index (χ4v) is 3.87. The maximum atomic E-state index is 12.6. The standard InChI is InChI=1S/C21H17ClN2O5S/c1-11-18(30-20(23-11)13-3-5-14(22)6-4-13)21(26)29-12(2)19(25)24-15-7-8-16-17(9-15)28-10-27-16/h3-9,12H,10H2,1-2H3,(H,24,25). The van der Waals surface area contributed by atoms with Gasteiger partial charge in [-0.05, 0) is 38.1 Å². The topological polar surface area (TPSA) is 86.8 Å². The summed E-state index contributed by atoms with van der Waals surface area (Å²) < 4.78 is 15.9. The zero-order valence-electron chi connectivity index (χ0n) is 16.1. The van der Waals surface area contributed by atoms with Crippen molar-refractivity contribution in [2.75, 3.05) is 12.1 Å². The number of nitrogens with one attached hydrogen (secondary N) is 1. The molecule has 0 spiro atoms. The lowest BCUT2D eigenvalue weighted by Gasteiger charge is -2.13. The molecule has 1 amide bonds. The second kappa shape index (κ2) is 8.33. The molecule has 1 aliphatic heterocycles.